The summed E-state index contributed by atoms with van der Waals surface area (Å²) in [5.41, 5.74) is 10.2. The second kappa shape index (κ2) is 9.18. The Bertz CT molecular complexity index is 430. The summed E-state index contributed by atoms with van der Waals surface area (Å²) in [4.78, 5) is 4.29. The molecule has 102 valence electrons. The summed E-state index contributed by atoms with van der Waals surface area (Å²) < 4.78 is 0. The third kappa shape index (κ3) is 6.08. The van der Waals surface area contributed by atoms with E-state index in [2.05, 4.69) is 39.9 Å². The minimum absolute atomic E-state index is 0.409. The third-order valence-electron chi connectivity index (χ3n) is 2.19. The normalized spacial score (nSPS) is 10.9. The summed E-state index contributed by atoms with van der Waals surface area (Å²) in [6, 6.07) is 5.75. The van der Waals surface area contributed by atoms with Gasteiger partial charge in [-0.1, -0.05) is 25.5 Å². The van der Waals surface area contributed by atoms with Crippen LogP contribution in [0.5, 0.6) is 0 Å². The Morgan fingerprint density at radius 2 is 2.37 bits per heavy atom. The predicted molar refractivity (Wildman–Crippen MR) is 82.8 cm³/mol. The number of aromatic nitrogens is 1. The molecule has 0 radical (unpaired) electrons. The van der Waals surface area contributed by atoms with Gasteiger partial charge in [0.05, 0.1) is 11.4 Å². The maximum Gasteiger partial charge on any atom is 0.201 e. The molecule has 1 heterocycles. The Morgan fingerprint density at radius 1 is 1.53 bits per heavy atom. The summed E-state index contributed by atoms with van der Waals surface area (Å²) in [5, 5.41) is 4.71. The molecule has 5 nitrogen and oxygen atoms in total. The highest BCUT2D eigenvalue weighted by molar-refractivity contribution is 7.80. The lowest BCUT2D eigenvalue weighted by Gasteiger charge is -2.09. The highest BCUT2D eigenvalue weighted by atomic mass is 32.1. The SMILES string of the molecule is C=CCNNC(=S)N/N=C(\CCC)c1ccccn1. The number of hydrogen-bond donors (Lipinski definition) is 3. The average Bonchev–Trinajstić information content (AvgIpc) is 2.44. The van der Waals surface area contributed by atoms with Crippen LogP contribution in [0.4, 0.5) is 0 Å². The Balaban J connectivity index is 2.59. The number of hydrogen-bond acceptors (Lipinski definition) is 4. The summed E-state index contributed by atoms with van der Waals surface area (Å²) in [6.07, 6.45) is 5.32. The van der Waals surface area contributed by atoms with Gasteiger partial charge in [0.25, 0.3) is 0 Å². The number of thiocarbonyl (C=S) groups is 1. The van der Waals surface area contributed by atoms with Crippen molar-refractivity contribution in [3.05, 3.63) is 42.7 Å². The number of nitrogens with one attached hydrogen (secondary N) is 3. The highest BCUT2D eigenvalue weighted by Crippen LogP contribution is 2.02. The van der Waals surface area contributed by atoms with Gasteiger partial charge in [-0.15, -0.1) is 6.58 Å². The monoisotopic (exact) mass is 277 g/mol. The highest BCUT2D eigenvalue weighted by Gasteiger charge is 2.03. The zero-order valence-corrected chi connectivity index (χ0v) is 11.8. The van der Waals surface area contributed by atoms with Gasteiger partial charge in [0.1, 0.15) is 0 Å². The van der Waals surface area contributed by atoms with Crippen molar-refractivity contribution < 1.29 is 0 Å². The van der Waals surface area contributed by atoms with Gasteiger partial charge in [-0.3, -0.25) is 15.8 Å². The van der Waals surface area contributed by atoms with Crippen molar-refractivity contribution in [1.82, 2.24) is 21.3 Å². The Labute approximate surface area is 119 Å². The molecule has 1 aromatic rings. The van der Waals surface area contributed by atoms with Crippen molar-refractivity contribution in [2.75, 3.05) is 6.54 Å². The van der Waals surface area contributed by atoms with Crippen LogP contribution in [0.3, 0.4) is 0 Å². The number of hydrazine groups is 1. The van der Waals surface area contributed by atoms with Crippen LogP contribution in [0, 0.1) is 0 Å². The molecular formula is C13H19N5S. The van der Waals surface area contributed by atoms with Gasteiger partial charge in [0.15, 0.2) is 0 Å². The molecular weight excluding hydrogens is 258 g/mol. The molecule has 0 saturated heterocycles. The van der Waals surface area contributed by atoms with Crippen LogP contribution in [0.25, 0.3) is 0 Å². The van der Waals surface area contributed by atoms with E-state index in [4.69, 9.17) is 12.2 Å². The molecule has 0 aliphatic heterocycles. The van der Waals surface area contributed by atoms with Crippen LogP contribution >= 0.6 is 12.2 Å². The molecule has 19 heavy (non-hydrogen) atoms. The largest absolute Gasteiger partial charge is 0.297 e. The maximum absolute atomic E-state index is 5.07. The first-order valence-corrected chi connectivity index (χ1v) is 6.56. The second-order valence-electron chi connectivity index (χ2n) is 3.76. The molecule has 3 N–H and O–H groups in total. The summed E-state index contributed by atoms with van der Waals surface area (Å²) in [5.74, 6) is 0. The zero-order valence-electron chi connectivity index (χ0n) is 11.0. The summed E-state index contributed by atoms with van der Waals surface area (Å²) >= 11 is 5.07. The lowest BCUT2D eigenvalue weighted by atomic mass is 10.1. The molecule has 0 amide bonds. The van der Waals surface area contributed by atoms with Crippen molar-refractivity contribution in [2.24, 2.45) is 5.10 Å². The van der Waals surface area contributed by atoms with E-state index in [1.54, 1.807) is 12.3 Å². The number of nitrogens with zero attached hydrogens (tertiary/aromatic N) is 2. The molecule has 0 bridgehead atoms. The number of rotatable bonds is 7. The van der Waals surface area contributed by atoms with Gasteiger partial charge < -0.3 is 0 Å². The van der Waals surface area contributed by atoms with Gasteiger partial charge >= 0.3 is 0 Å². The van der Waals surface area contributed by atoms with E-state index in [0.29, 0.717) is 11.7 Å². The van der Waals surface area contributed by atoms with E-state index in [9.17, 15) is 0 Å². The maximum atomic E-state index is 5.07. The van der Waals surface area contributed by atoms with Crippen LogP contribution in [0.15, 0.2) is 42.2 Å². The van der Waals surface area contributed by atoms with E-state index in [1.807, 2.05) is 18.2 Å². The van der Waals surface area contributed by atoms with E-state index >= 15 is 0 Å². The van der Waals surface area contributed by atoms with Crippen LogP contribution in [0.2, 0.25) is 0 Å². The fraction of sp³-hybridized carbons (Fsp3) is 0.308. The first-order valence-electron chi connectivity index (χ1n) is 6.15. The fourth-order valence-electron chi connectivity index (χ4n) is 1.36. The lowest BCUT2D eigenvalue weighted by molar-refractivity contribution is 0.701. The van der Waals surface area contributed by atoms with Gasteiger partial charge in [-0.2, -0.15) is 5.10 Å². The van der Waals surface area contributed by atoms with Gasteiger partial charge in [0, 0.05) is 12.7 Å². The first-order chi connectivity index (χ1) is 9.27. The van der Waals surface area contributed by atoms with Crippen LogP contribution in [-0.4, -0.2) is 22.4 Å². The van der Waals surface area contributed by atoms with Crippen LogP contribution in [0.1, 0.15) is 25.5 Å². The summed E-state index contributed by atoms with van der Waals surface area (Å²) in [6.45, 7) is 6.31. The van der Waals surface area contributed by atoms with Crippen LogP contribution in [-0.2, 0) is 0 Å². The van der Waals surface area contributed by atoms with E-state index in [1.165, 1.54) is 0 Å². The van der Waals surface area contributed by atoms with Crippen molar-refractivity contribution in [2.45, 2.75) is 19.8 Å². The van der Waals surface area contributed by atoms with E-state index in [-0.39, 0.29) is 0 Å². The molecule has 0 unspecified atom stereocenters. The standard InChI is InChI=1S/C13H19N5S/c1-3-7-12(11-8-5-6-10-14-11)16-18-13(19)17-15-9-4-2/h4-6,8,10,15H,2-3,7,9H2,1H3,(H2,17,18,19)/b16-12+. The third-order valence-corrected chi connectivity index (χ3v) is 2.38. The molecule has 0 atom stereocenters. The molecule has 0 aliphatic rings. The van der Waals surface area contributed by atoms with Crippen molar-refractivity contribution in [1.29, 1.82) is 0 Å². The number of pyridine rings is 1. The van der Waals surface area contributed by atoms with Crippen LogP contribution < -0.4 is 16.3 Å². The smallest absolute Gasteiger partial charge is 0.201 e. The van der Waals surface area contributed by atoms with Gasteiger partial charge in [-0.25, -0.2) is 5.43 Å². The number of hydrazone groups is 1. The molecule has 0 fully saturated rings. The summed E-state index contributed by atoms with van der Waals surface area (Å²) in [7, 11) is 0. The van der Waals surface area contributed by atoms with Crippen molar-refractivity contribution >= 4 is 23.0 Å². The van der Waals surface area contributed by atoms with Gasteiger partial charge in [0.2, 0.25) is 5.11 Å². The first kappa shape index (κ1) is 15.3. The molecule has 1 aromatic heterocycles. The minimum atomic E-state index is 0.409. The van der Waals surface area contributed by atoms with Gasteiger partial charge in [-0.05, 0) is 30.8 Å². The fourth-order valence-corrected chi connectivity index (χ4v) is 1.48. The average molecular weight is 277 g/mol. The molecule has 1 rings (SSSR count). The second-order valence-corrected chi connectivity index (χ2v) is 4.17. The quantitative estimate of drug-likeness (QED) is 0.233. The predicted octanol–water partition coefficient (Wildman–Crippen LogP) is 1.74. The van der Waals surface area contributed by atoms with E-state index in [0.717, 1.165) is 24.2 Å². The Hall–Kier alpha value is -1.79. The zero-order chi connectivity index (χ0) is 13.9. The topological polar surface area (TPSA) is 61.3 Å². The van der Waals surface area contributed by atoms with E-state index < -0.39 is 0 Å². The molecule has 6 heteroatoms. The molecule has 0 aliphatic carbocycles. The molecule has 0 saturated carbocycles. The Morgan fingerprint density at radius 3 is 3.00 bits per heavy atom. The lowest BCUT2D eigenvalue weighted by Crippen LogP contribution is -2.42. The van der Waals surface area contributed by atoms with Crippen molar-refractivity contribution in [3.63, 3.8) is 0 Å². The minimum Gasteiger partial charge on any atom is -0.297 e. The molecule has 0 aromatic carbocycles. The molecule has 0 spiro atoms. The Kier molecular flexibility index (Phi) is 7.38. The van der Waals surface area contributed by atoms with Crippen molar-refractivity contribution in [3.8, 4) is 0 Å².